The maximum absolute atomic E-state index is 13.1. The van der Waals surface area contributed by atoms with Gasteiger partial charge in [0.1, 0.15) is 5.60 Å². The van der Waals surface area contributed by atoms with Gasteiger partial charge in [-0.3, -0.25) is 4.79 Å². The molecule has 1 fully saturated rings. The van der Waals surface area contributed by atoms with Gasteiger partial charge in [-0.2, -0.15) is 4.80 Å². The summed E-state index contributed by atoms with van der Waals surface area (Å²) >= 11 is 5.93. The second kappa shape index (κ2) is 9.64. The van der Waals surface area contributed by atoms with Crippen LogP contribution in [0.1, 0.15) is 53.0 Å². The number of hydrogen-bond donors (Lipinski definition) is 1. The summed E-state index contributed by atoms with van der Waals surface area (Å²) in [6, 6.07) is 6.61. The van der Waals surface area contributed by atoms with Gasteiger partial charge in [0.15, 0.2) is 6.04 Å². The number of halogens is 1. The molecule has 1 aromatic carbocycles. The van der Waals surface area contributed by atoms with Crippen molar-refractivity contribution in [2.45, 2.75) is 64.6 Å². The van der Waals surface area contributed by atoms with Gasteiger partial charge >= 0.3 is 6.09 Å². The summed E-state index contributed by atoms with van der Waals surface area (Å²) in [5.41, 5.74) is 0.247. The van der Waals surface area contributed by atoms with E-state index in [9.17, 15) is 9.59 Å². The van der Waals surface area contributed by atoms with Crippen LogP contribution in [0.5, 0.6) is 0 Å². The number of piperidine rings is 1. The molecule has 0 spiro atoms. The molecule has 0 bridgehead atoms. The van der Waals surface area contributed by atoms with E-state index in [1.165, 1.54) is 4.80 Å². The molecule has 9 nitrogen and oxygen atoms in total. The van der Waals surface area contributed by atoms with Crippen LogP contribution in [0.2, 0.25) is 5.02 Å². The van der Waals surface area contributed by atoms with Crippen molar-refractivity contribution >= 4 is 23.6 Å². The molecule has 10 heteroatoms. The lowest BCUT2D eigenvalue weighted by atomic mass is 10.0. The Morgan fingerprint density at radius 2 is 1.87 bits per heavy atom. The lowest BCUT2D eigenvalue weighted by Crippen LogP contribution is -2.49. The zero-order chi connectivity index (χ0) is 22.6. The van der Waals surface area contributed by atoms with Crippen LogP contribution in [0.25, 0.3) is 11.4 Å². The molecular weight excluding hydrogens is 420 g/mol. The second-order valence-corrected chi connectivity index (χ2v) is 9.05. The molecule has 1 N–H and O–H groups in total. The third kappa shape index (κ3) is 6.16. The summed E-state index contributed by atoms with van der Waals surface area (Å²) in [7, 11) is 0. The van der Waals surface area contributed by atoms with E-state index in [-0.39, 0.29) is 11.9 Å². The van der Waals surface area contributed by atoms with Crippen molar-refractivity contribution in [3.63, 3.8) is 0 Å². The highest BCUT2D eigenvalue weighted by Crippen LogP contribution is 2.21. The van der Waals surface area contributed by atoms with E-state index >= 15 is 0 Å². The summed E-state index contributed by atoms with van der Waals surface area (Å²) in [5, 5.41) is 16.1. The van der Waals surface area contributed by atoms with Crippen molar-refractivity contribution in [1.82, 2.24) is 30.4 Å². The molecule has 168 valence electrons. The predicted octanol–water partition coefficient (Wildman–Crippen LogP) is 3.46. The van der Waals surface area contributed by atoms with Crippen LogP contribution in [0.4, 0.5) is 4.79 Å². The van der Waals surface area contributed by atoms with Crippen LogP contribution in [0.15, 0.2) is 24.3 Å². The Bertz CT molecular complexity index is 901. The Balaban J connectivity index is 1.58. The lowest BCUT2D eigenvalue weighted by Gasteiger charge is -2.34. The molecule has 1 saturated heterocycles. The van der Waals surface area contributed by atoms with Crippen LogP contribution >= 0.6 is 11.6 Å². The number of carbonyl (C=O) groups is 2. The zero-order valence-electron chi connectivity index (χ0n) is 18.3. The normalized spacial score (nSPS) is 16.1. The van der Waals surface area contributed by atoms with E-state index in [2.05, 4.69) is 20.7 Å². The van der Waals surface area contributed by atoms with Gasteiger partial charge in [0, 0.05) is 29.7 Å². The van der Waals surface area contributed by atoms with Crippen molar-refractivity contribution in [2.75, 3.05) is 13.1 Å². The number of tetrazole rings is 1. The van der Waals surface area contributed by atoms with Crippen LogP contribution < -0.4 is 5.32 Å². The molecule has 2 aromatic rings. The number of carbonyl (C=O) groups excluding carboxylic acids is 2. The standard InChI is InChI=1S/C21H29ClN6O3/c1-5-17(28-25-18(24-26-28)14-6-8-15(22)9-7-14)19(29)27-12-10-16(11-13-27)23-20(30)31-21(2,3)4/h6-9,16-17H,5,10-13H2,1-4H3,(H,23,30). The van der Waals surface area contributed by atoms with Crippen molar-refractivity contribution in [3.8, 4) is 11.4 Å². The Hall–Kier alpha value is -2.68. The van der Waals surface area contributed by atoms with Gasteiger partial charge in [-0.1, -0.05) is 18.5 Å². The molecule has 1 aliphatic rings. The highest BCUT2D eigenvalue weighted by Gasteiger charge is 2.31. The summed E-state index contributed by atoms with van der Waals surface area (Å²) in [6.07, 6.45) is 1.46. The van der Waals surface area contributed by atoms with Crippen LogP contribution in [0.3, 0.4) is 0 Å². The van der Waals surface area contributed by atoms with E-state index in [0.717, 1.165) is 5.56 Å². The Labute approximate surface area is 187 Å². The highest BCUT2D eigenvalue weighted by atomic mass is 35.5. The van der Waals surface area contributed by atoms with Crippen molar-refractivity contribution in [3.05, 3.63) is 29.3 Å². The average Bonchev–Trinajstić information content (AvgIpc) is 3.18. The number of likely N-dealkylation sites (tertiary alicyclic amines) is 1. The first-order chi connectivity index (χ1) is 14.7. The third-order valence-electron chi connectivity index (χ3n) is 5.01. The first kappa shape index (κ1) is 23.0. The van der Waals surface area contributed by atoms with E-state index < -0.39 is 17.7 Å². The Kier molecular flexibility index (Phi) is 7.15. The SMILES string of the molecule is CCC(C(=O)N1CCC(NC(=O)OC(C)(C)C)CC1)n1nnc(-c2ccc(Cl)cc2)n1. The minimum atomic E-state index is -0.537. The molecule has 0 aliphatic carbocycles. The quantitative estimate of drug-likeness (QED) is 0.751. The number of benzene rings is 1. The number of amides is 2. The van der Waals surface area contributed by atoms with Crippen LogP contribution in [0, 0.1) is 0 Å². The molecule has 3 rings (SSSR count). The van der Waals surface area contributed by atoms with Crippen molar-refractivity contribution in [1.29, 1.82) is 0 Å². The first-order valence-corrected chi connectivity index (χ1v) is 10.9. The zero-order valence-corrected chi connectivity index (χ0v) is 19.1. The van der Waals surface area contributed by atoms with Crippen molar-refractivity contribution in [2.24, 2.45) is 0 Å². The molecule has 31 heavy (non-hydrogen) atoms. The van der Waals surface area contributed by atoms with Crippen LogP contribution in [-0.2, 0) is 9.53 Å². The molecule has 2 heterocycles. The molecule has 1 aromatic heterocycles. The van der Waals surface area contributed by atoms with E-state index in [0.29, 0.717) is 43.2 Å². The van der Waals surface area contributed by atoms with Crippen molar-refractivity contribution < 1.29 is 14.3 Å². The van der Waals surface area contributed by atoms with Gasteiger partial charge in [-0.25, -0.2) is 4.79 Å². The van der Waals surface area contributed by atoms with E-state index in [1.807, 2.05) is 39.8 Å². The molecule has 1 aliphatic heterocycles. The molecule has 0 radical (unpaired) electrons. The number of nitrogens with zero attached hydrogens (tertiary/aromatic N) is 5. The van der Waals surface area contributed by atoms with Gasteiger partial charge in [-0.15, -0.1) is 10.2 Å². The van der Waals surface area contributed by atoms with Gasteiger partial charge in [0.05, 0.1) is 0 Å². The third-order valence-corrected chi connectivity index (χ3v) is 5.26. The van der Waals surface area contributed by atoms with E-state index in [1.54, 1.807) is 17.0 Å². The molecule has 0 saturated carbocycles. The predicted molar refractivity (Wildman–Crippen MR) is 117 cm³/mol. The lowest BCUT2D eigenvalue weighted by molar-refractivity contribution is -0.136. The fourth-order valence-corrected chi connectivity index (χ4v) is 3.56. The minimum Gasteiger partial charge on any atom is -0.444 e. The highest BCUT2D eigenvalue weighted by molar-refractivity contribution is 6.30. The summed E-state index contributed by atoms with van der Waals surface area (Å²) in [5.74, 6) is 0.404. The fraction of sp³-hybridized carbons (Fsp3) is 0.571. The molecule has 2 amide bonds. The number of nitrogens with one attached hydrogen (secondary N) is 1. The minimum absolute atomic E-state index is 0.0139. The van der Waals surface area contributed by atoms with Gasteiger partial charge in [0.2, 0.25) is 11.7 Å². The number of hydrogen-bond acceptors (Lipinski definition) is 6. The van der Waals surface area contributed by atoms with Crippen LogP contribution in [-0.4, -0.2) is 61.8 Å². The number of aromatic nitrogens is 4. The largest absolute Gasteiger partial charge is 0.444 e. The van der Waals surface area contributed by atoms with Gasteiger partial charge in [-0.05, 0) is 69.5 Å². The average molecular weight is 449 g/mol. The summed E-state index contributed by atoms with van der Waals surface area (Å²) < 4.78 is 5.31. The fourth-order valence-electron chi connectivity index (χ4n) is 3.44. The monoisotopic (exact) mass is 448 g/mol. The van der Waals surface area contributed by atoms with Gasteiger partial charge < -0.3 is 15.0 Å². The molecule has 1 unspecified atom stereocenters. The smallest absolute Gasteiger partial charge is 0.407 e. The Morgan fingerprint density at radius 1 is 1.23 bits per heavy atom. The molecular formula is C21H29ClN6O3. The molecule has 1 atom stereocenters. The second-order valence-electron chi connectivity index (χ2n) is 8.61. The number of ether oxygens (including phenoxy) is 1. The van der Waals surface area contributed by atoms with Gasteiger partial charge in [0.25, 0.3) is 0 Å². The topological polar surface area (TPSA) is 102 Å². The number of rotatable bonds is 5. The maximum atomic E-state index is 13.1. The van der Waals surface area contributed by atoms with E-state index in [4.69, 9.17) is 16.3 Å². The number of alkyl carbamates (subject to hydrolysis) is 1. The first-order valence-electron chi connectivity index (χ1n) is 10.5. The summed E-state index contributed by atoms with van der Waals surface area (Å²) in [4.78, 5) is 28.3. The Morgan fingerprint density at radius 3 is 2.45 bits per heavy atom. The maximum Gasteiger partial charge on any atom is 0.407 e. The summed E-state index contributed by atoms with van der Waals surface area (Å²) in [6.45, 7) is 8.51.